The Balaban J connectivity index is 1.74. The smallest absolute Gasteiger partial charge is 0.372 e. The topological polar surface area (TPSA) is 56.2 Å². The molecular formula is C27H24F3N3O2. The molecule has 0 saturated heterocycles. The molecule has 4 aromatic rings. The van der Waals surface area contributed by atoms with Crippen molar-refractivity contribution in [3.05, 3.63) is 94.3 Å². The summed E-state index contributed by atoms with van der Waals surface area (Å²) in [5.74, 6) is 0.314. The Bertz CT molecular complexity index is 1380. The minimum Gasteiger partial charge on any atom is -0.372 e. The van der Waals surface area contributed by atoms with Crippen molar-refractivity contribution < 1.29 is 17.9 Å². The number of nitrogens with one attached hydrogen (secondary N) is 1. The Kier molecular flexibility index (Phi) is 6.30. The van der Waals surface area contributed by atoms with Crippen LogP contribution in [-0.2, 0) is 17.5 Å². The highest BCUT2D eigenvalue weighted by Crippen LogP contribution is 2.36. The fourth-order valence-electron chi connectivity index (χ4n) is 4.52. The van der Waals surface area contributed by atoms with Gasteiger partial charge in [0, 0.05) is 17.4 Å². The summed E-state index contributed by atoms with van der Waals surface area (Å²) in [6, 6.07) is 20.2. The maximum atomic E-state index is 14.2. The van der Waals surface area contributed by atoms with E-state index >= 15 is 0 Å². The number of para-hydroxylation sites is 2. The molecule has 0 unspecified atom stereocenters. The molecule has 1 fully saturated rings. The van der Waals surface area contributed by atoms with Gasteiger partial charge in [0.1, 0.15) is 5.82 Å². The molecule has 5 nitrogen and oxygen atoms in total. The first kappa shape index (κ1) is 23.1. The summed E-state index contributed by atoms with van der Waals surface area (Å²) in [6.45, 7) is -0.0526. The van der Waals surface area contributed by atoms with E-state index in [1.54, 1.807) is 28.8 Å². The summed E-state index contributed by atoms with van der Waals surface area (Å²) >= 11 is 0. The van der Waals surface area contributed by atoms with Crippen molar-refractivity contribution in [3.8, 4) is 5.69 Å². The van der Waals surface area contributed by atoms with Gasteiger partial charge in [-0.2, -0.15) is 13.2 Å². The number of ether oxygens (including phenoxy) is 1. The van der Waals surface area contributed by atoms with E-state index in [4.69, 9.17) is 4.74 Å². The number of fused-ring (bicyclic) bond motifs is 1. The first-order valence-corrected chi connectivity index (χ1v) is 11.6. The molecule has 2 aromatic carbocycles. The molecule has 1 saturated carbocycles. The predicted octanol–water partition coefficient (Wildman–Crippen LogP) is 6.61. The summed E-state index contributed by atoms with van der Waals surface area (Å²) in [5.41, 5.74) is -0.431. The first-order valence-electron chi connectivity index (χ1n) is 11.6. The average molecular weight is 480 g/mol. The van der Waals surface area contributed by atoms with Crippen molar-refractivity contribution in [1.82, 2.24) is 9.55 Å². The molecule has 0 aliphatic heterocycles. The average Bonchev–Trinajstić information content (AvgIpc) is 3.37. The summed E-state index contributed by atoms with van der Waals surface area (Å²) in [7, 11) is 0. The van der Waals surface area contributed by atoms with Gasteiger partial charge in [0.15, 0.2) is 11.1 Å². The zero-order chi connectivity index (χ0) is 24.4. The fourth-order valence-corrected chi connectivity index (χ4v) is 4.52. The number of alkyl halides is 3. The summed E-state index contributed by atoms with van der Waals surface area (Å²) < 4.78 is 49.9. The van der Waals surface area contributed by atoms with Crippen molar-refractivity contribution in [2.75, 3.05) is 5.32 Å². The lowest BCUT2D eigenvalue weighted by Crippen LogP contribution is -2.20. The van der Waals surface area contributed by atoms with Gasteiger partial charge in [0.2, 0.25) is 0 Å². The summed E-state index contributed by atoms with van der Waals surface area (Å²) in [4.78, 5) is 17.6. The van der Waals surface area contributed by atoms with Gasteiger partial charge in [0.25, 0.3) is 0 Å². The third-order valence-corrected chi connectivity index (χ3v) is 6.16. The van der Waals surface area contributed by atoms with E-state index in [2.05, 4.69) is 10.3 Å². The van der Waals surface area contributed by atoms with Crippen LogP contribution in [0.3, 0.4) is 0 Å². The zero-order valence-electron chi connectivity index (χ0n) is 18.9. The molecular weight excluding hydrogens is 455 g/mol. The van der Waals surface area contributed by atoms with E-state index < -0.39 is 22.6 Å². The first-order chi connectivity index (χ1) is 16.9. The molecule has 5 rings (SSSR count). The molecule has 1 N–H and O–H groups in total. The molecule has 0 spiro atoms. The second kappa shape index (κ2) is 9.54. The summed E-state index contributed by atoms with van der Waals surface area (Å²) in [5, 5.41) is 2.70. The molecule has 0 atom stereocenters. The highest BCUT2D eigenvalue weighted by atomic mass is 19.4. The molecule has 35 heavy (non-hydrogen) atoms. The van der Waals surface area contributed by atoms with Gasteiger partial charge in [-0.25, -0.2) is 4.98 Å². The molecule has 1 aliphatic rings. The van der Waals surface area contributed by atoms with Crippen LogP contribution in [0.25, 0.3) is 16.7 Å². The maximum absolute atomic E-state index is 14.2. The van der Waals surface area contributed by atoms with Gasteiger partial charge in [-0.1, -0.05) is 49.2 Å². The van der Waals surface area contributed by atoms with E-state index in [0.717, 1.165) is 31.7 Å². The van der Waals surface area contributed by atoms with Gasteiger partial charge < -0.3 is 10.1 Å². The van der Waals surface area contributed by atoms with Crippen LogP contribution >= 0.6 is 0 Å². The van der Waals surface area contributed by atoms with Gasteiger partial charge in [-0.3, -0.25) is 9.36 Å². The third kappa shape index (κ3) is 4.93. The molecule has 8 heteroatoms. The monoisotopic (exact) mass is 479 g/mol. The quantitative estimate of drug-likeness (QED) is 0.338. The highest BCUT2D eigenvalue weighted by Gasteiger charge is 2.35. The predicted molar refractivity (Wildman–Crippen MR) is 129 cm³/mol. The van der Waals surface area contributed by atoms with E-state index in [0.29, 0.717) is 17.2 Å². The van der Waals surface area contributed by atoms with Crippen molar-refractivity contribution >= 4 is 22.5 Å². The molecule has 2 heterocycles. The minimum atomic E-state index is -4.73. The van der Waals surface area contributed by atoms with Gasteiger partial charge >= 0.3 is 6.18 Å². The normalized spacial score (nSPS) is 14.5. The Hall–Kier alpha value is -3.65. The van der Waals surface area contributed by atoms with E-state index in [9.17, 15) is 18.0 Å². The van der Waals surface area contributed by atoms with Crippen LogP contribution in [0, 0.1) is 0 Å². The van der Waals surface area contributed by atoms with E-state index in [-0.39, 0.29) is 24.1 Å². The van der Waals surface area contributed by atoms with Crippen molar-refractivity contribution in [3.63, 3.8) is 0 Å². The Morgan fingerprint density at radius 3 is 2.29 bits per heavy atom. The van der Waals surface area contributed by atoms with Crippen LogP contribution in [0.1, 0.15) is 36.9 Å². The van der Waals surface area contributed by atoms with Gasteiger partial charge in [0.05, 0.1) is 29.4 Å². The summed E-state index contributed by atoms with van der Waals surface area (Å²) in [6.07, 6.45) is -0.841. The number of aromatic nitrogens is 2. The standard InChI is InChI=1S/C27H24F3N3O2/c28-27(29,30)22-15-19(17-35-21-13-7-8-14-21)32-26-25(22)23(34)16-24(31-18-9-3-1-4-10-18)33(26)20-11-5-2-6-12-20/h1-6,9-12,15-16,21,31H,7-8,13-14,17H2. The number of rotatable bonds is 6. The van der Waals surface area contributed by atoms with E-state index in [1.807, 2.05) is 36.4 Å². The second-order valence-electron chi connectivity index (χ2n) is 8.63. The van der Waals surface area contributed by atoms with Crippen molar-refractivity contribution in [1.29, 1.82) is 0 Å². The zero-order valence-corrected chi connectivity index (χ0v) is 18.9. The lowest BCUT2D eigenvalue weighted by atomic mass is 10.1. The number of anilines is 2. The van der Waals surface area contributed by atoms with Gasteiger partial charge in [-0.05, 0) is 43.2 Å². The van der Waals surface area contributed by atoms with Crippen molar-refractivity contribution in [2.45, 2.75) is 44.6 Å². The Morgan fingerprint density at radius 2 is 1.63 bits per heavy atom. The SMILES string of the molecule is O=c1cc(Nc2ccccc2)n(-c2ccccc2)c2nc(COC3CCCC3)cc(C(F)(F)F)c12. The molecule has 0 bridgehead atoms. The fraction of sp³-hybridized carbons (Fsp3) is 0.259. The third-order valence-electron chi connectivity index (χ3n) is 6.16. The van der Waals surface area contributed by atoms with Crippen LogP contribution in [-0.4, -0.2) is 15.7 Å². The van der Waals surface area contributed by atoms with Crippen LogP contribution < -0.4 is 10.7 Å². The Morgan fingerprint density at radius 1 is 0.971 bits per heavy atom. The molecule has 2 aromatic heterocycles. The van der Waals surface area contributed by atoms with Crippen LogP contribution in [0.15, 0.2) is 77.6 Å². The van der Waals surface area contributed by atoms with Crippen LogP contribution in [0.2, 0.25) is 0 Å². The lowest BCUT2D eigenvalue weighted by molar-refractivity contribution is -0.136. The number of halogens is 3. The number of benzene rings is 2. The molecule has 0 amide bonds. The maximum Gasteiger partial charge on any atom is 0.417 e. The highest BCUT2D eigenvalue weighted by molar-refractivity contribution is 5.84. The Labute approximate surface area is 200 Å². The second-order valence-corrected chi connectivity index (χ2v) is 8.63. The minimum absolute atomic E-state index is 0.0178. The number of hydrogen-bond acceptors (Lipinski definition) is 4. The van der Waals surface area contributed by atoms with E-state index in [1.165, 1.54) is 6.07 Å². The largest absolute Gasteiger partial charge is 0.417 e. The molecule has 180 valence electrons. The lowest BCUT2D eigenvalue weighted by Gasteiger charge is -2.20. The number of hydrogen-bond donors (Lipinski definition) is 1. The van der Waals surface area contributed by atoms with Crippen LogP contribution in [0.5, 0.6) is 0 Å². The number of nitrogens with zero attached hydrogens (tertiary/aromatic N) is 2. The molecule has 1 aliphatic carbocycles. The number of pyridine rings is 2. The van der Waals surface area contributed by atoms with Gasteiger partial charge in [-0.15, -0.1) is 0 Å². The molecule has 0 radical (unpaired) electrons. The van der Waals surface area contributed by atoms with Crippen LogP contribution in [0.4, 0.5) is 24.7 Å². The van der Waals surface area contributed by atoms with Crippen molar-refractivity contribution in [2.24, 2.45) is 0 Å².